The molecule has 0 spiro atoms. The molecule has 2 aromatic carbocycles. The molecule has 1 saturated heterocycles. The van der Waals surface area contributed by atoms with Gasteiger partial charge in [0.1, 0.15) is 18.0 Å². The second kappa shape index (κ2) is 8.84. The second-order valence-corrected chi connectivity index (χ2v) is 9.70. The Hall–Kier alpha value is -2.99. The Bertz CT molecular complexity index is 1260. The van der Waals surface area contributed by atoms with Crippen LogP contribution < -0.4 is 5.73 Å². The van der Waals surface area contributed by atoms with Crippen molar-refractivity contribution in [3.05, 3.63) is 63.7 Å². The smallest absolute Gasteiger partial charge is 0.198 e. The molecule has 2 aliphatic carbocycles. The number of phenols is 1. The fourth-order valence-corrected chi connectivity index (χ4v) is 5.44. The Kier molecular flexibility index (Phi) is 6.06. The summed E-state index contributed by atoms with van der Waals surface area (Å²) in [4.78, 5) is 39.0. The molecule has 0 amide bonds. The number of carbonyl (C=O) groups excluding carboxylic acids is 3. The van der Waals surface area contributed by atoms with Crippen molar-refractivity contribution in [1.82, 2.24) is 0 Å². The Morgan fingerprint density at radius 3 is 2.50 bits per heavy atom. The number of hydrogen-bond acceptors (Lipinski definition) is 10. The largest absolute Gasteiger partial charge is 0.507 e. The minimum absolute atomic E-state index is 0.0397. The summed E-state index contributed by atoms with van der Waals surface area (Å²) in [5.41, 5.74) is 4.49. The van der Waals surface area contributed by atoms with Crippen LogP contribution in [0.3, 0.4) is 0 Å². The maximum Gasteiger partial charge on any atom is 0.198 e. The van der Waals surface area contributed by atoms with Crippen LogP contribution in [0.15, 0.2) is 30.3 Å². The number of Topliss-reactive ketones (excluding diaryl/α,β-unsaturated/α-hetero) is 1. The monoisotopic (exact) mass is 497 g/mol. The van der Waals surface area contributed by atoms with Crippen LogP contribution in [0.4, 0.5) is 0 Å². The summed E-state index contributed by atoms with van der Waals surface area (Å²) in [5.74, 6) is -2.31. The van der Waals surface area contributed by atoms with E-state index >= 15 is 0 Å². The van der Waals surface area contributed by atoms with Crippen molar-refractivity contribution in [3.8, 4) is 5.75 Å². The lowest BCUT2D eigenvalue weighted by atomic mass is 9.72. The fourth-order valence-electron chi connectivity index (χ4n) is 5.44. The first kappa shape index (κ1) is 24.7. The van der Waals surface area contributed by atoms with Gasteiger partial charge < -0.3 is 35.6 Å². The molecule has 10 nitrogen and oxygen atoms in total. The second-order valence-electron chi connectivity index (χ2n) is 9.70. The van der Waals surface area contributed by atoms with Gasteiger partial charge in [-0.15, -0.1) is 0 Å². The number of nitrogens with two attached hydrogens (primary N) is 1. The first-order valence-corrected chi connectivity index (χ1v) is 11.7. The Morgan fingerprint density at radius 2 is 1.86 bits per heavy atom. The molecule has 0 radical (unpaired) electrons. The normalized spacial score (nSPS) is 31.4. The summed E-state index contributed by atoms with van der Waals surface area (Å²) in [6.07, 6.45) is -4.20. The van der Waals surface area contributed by atoms with Gasteiger partial charge in [-0.3, -0.25) is 14.4 Å². The average molecular weight is 498 g/mol. The van der Waals surface area contributed by atoms with Crippen LogP contribution in [0.25, 0.3) is 0 Å². The van der Waals surface area contributed by atoms with Crippen molar-refractivity contribution in [2.24, 2.45) is 5.73 Å². The highest BCUT2D eigenvalue weighted by Crippen LogP contribution is 2.48. The zero-order chi connectivity index (χ0) is 25.9. The van der Waals surface area contributed by atoms with Crippen molar-refractivity contribution >= 4 is 17.3 Å². The van der Waals surface area contributed by atoms with Gasteiger partial charge in [0.2, 0.25) is 0 Å². The van der Waals surface area contributed by atoms with Crippen molar-refractivity contribution in [3.63, 3.8) is 0 Å². The predicted molar refractivity (Wildman–Crippen MR) is 124 cm³/mol. The molecule has 1 aliphatic heterocycles. The van der Waals surface area contributed by atoms with E-state index in [2.05, 4.69) is 0 Å². The molecule has 0 bridgehead atoms. The van der Waals surface area contributed by atoms with Crippen LogP contribution in [0, 0.1) is 0 Å². The Morgan fingerprint density at radius 1 is 1.19 bits per heavy atom. The van der Waals surface area contributed by atoms with Crippen molar-refractivity contribution in [2.45, 2.75) is 62.4 Å². The van der Waals surface area contributed by atoms with Gasteiger partial charge in [-0.2, -0.15) is 0 Å². The summed E-state index contributed by atoms with van der Waals surface area (Å²) in [7, 11) is 0. The van der Waals surface area contributed by atoms with Gasteiger partial charge >= 0.3 is 0 Å². The van der Waals surface area contributed by atoms with Crippen molar-refractivity contribution in [2.75, 3.05) is 6.61 Å². The summed E-state index contributed by atoms with van der Waals surface area (Å²) < 4.78 is 11.8. The average Bonchev–Trinajstić information content (AvgIpc) is 2.84. The third-order valence-electron chi connectivity index (χ3n) is 7.37. The molecular formula is C26H27NO9. The van der Waals surface area contributed by atoms with E-state index in [1.54, 1.807) is 19.1 Å². The number of benzene rings is 2. The van der Waals surface area contributed by atoms with Crippen molar-refractivity contribution in [1.29, 1.82) is 0 Å². The highest BCUT2D eigenvalue weighted by molar-refractivity contribution is 6.29. The van der Waals surface area contributed by atoms with Crippen LogP contribution >= 0.6 is 0 Å². The first-order valence-electron chi connectivity index (χ1n) is 11.7. The molecule has 6 N–H and O–H groups in total. The van der Waals surface area contributed by atoms with E-state index < -0.39 is 66.0 Å². The number of carbonyl (C=O) groups is 3. The number of rotatable bonds is 4. The highest BCUT2D eigenvalue weighted by Gasteiger charge is 2.48. The molecule has 2 aromatic rings. The molecule has 6 atom stereocenters. The number of hydrogen-bond donors (Lipinski definition) is 5. The number of ether oxygens (including phenoxy) is 2. The van der Waals surface area contributed by atoms with E-state index in [0.29, 0.717) is 0 Å². The third kappa shape index (κ3) is 3.78. The molecule has 10 heteroatoms. The first-order chi connectivity index (χ1) is 17.1. The molecule has 190 valence electrons. The summed E-state index contributed by atoms with van der Waals surface area (Å²) in [6, 6.07) is 7.01. The molecule has 5 rings (SSSR count). The fraction of sp³-hybridized carbons (Fsp3) is 0.423. The third-order valence-corrected chi connectivity index (χ3v) is 7.37. The van der Waals surface area contributed by atoms with Crippen LogP contribution in [-0.2, 0) is 20.7 Å². The van der Waals surface area contributed by atoms with Gasteiger partial charge in [-0.25, -0.2) is 0 Å². The number of fused-ring (bicyclic) bond motifs is 3. The van der Waals surface area contributed by atoms with E-state index in [0.717, 1.165) is 0 Å². The van der Waals surface area contributed by atoms with E-state index in [9.17, 15) is 34.8 Å². The maximum atomic E-state index is 13.3. The molecule has 3 aliphatic rings. The van der Waals surface area contributed by atoms with Gasteiger partial charge in [0, 0.05) is 47.6 Å². The molecule has 36 heavy (non-hydrogen) atoms. The van der Waals surface area contributed by atoms with Gasteiger partial charge in [-0.1, -0.05) is 24.3 Å². The van der Waals surface area contributed by atoms with E-state index in [4.69, 9.17) is 15.2 Å². The van der Waals surface area contributed by atoms with E-state index in [-0.39, 0.29) is 52.6 Å². The van der Waals surface area contributed by atoms with Crippen LogP contribution in [0.5, 0.6) is 5.75 Å². The molecule has 1 heterocycles. The Labute approximate surface area is 206 Å². The standard InChI is InChI=1S/C26H27NO9/c1-11-22(30)16(27)7-19(35-11)36-17-9-26(34,18(29)10-28)8-12-6-15-21(25(33)20(12)17)24(32)14-5-3-2-4-13(14)23(15)31/h2-6,11,16-17,19,22,28,30,33-34H,7-10,27H2,1H3/t11-,16-,17-,19-,22+,26-/m0/s1. The van der Waals surface area contributed by atoms with Gasteiger partial charge in [0.25, 0.3) is 0 Å². The van der Waals surface area contributed by atoms with E-state index in [1.807, 2.05) is 0 Å². The topological polar surface area (TPSA) is 177 Å². The van der Waals surface area contributed by atoms with Crippen LogP contribution in [0.2, 0.25) is 0 Å². The molecular weight excluding hydrogens is 470 g/mol. The Balaban J connectivity index is 1.62. The van der Waals surface area contributed by atoms with Gasteiger partial charge in [0.05, 0.1) is 23.9 Å². The molecule has 1 fully saturated rings. The quantitative estimate of drug-likeness (QED) is 0.337. The van der Waals surface area contributed by atoms with Crippen LogP contribution in [-0.4, -0.2) is 74.5 Å². The lowest BCUT2D eigenvalue weighted by Gasteiger charge is -2.42. The zero-order valence-corrected chi connectivity index (χ0v) is 19.5. The minimum atomic E-state index is -2.05. The minimum Gasteiger partial charge on any atom is -0.507 e. The summed E-state index contributed by atoms with van der Waals surface area (Å²) in [6.45, 7) is 0.699. The summed E-state index contributed by atoms with van der Waals surface area (Å²) in [5, 5.41) is 42.1. The van der Waals surface area contributed by atoms with Gasteiger partial charge in [-0.05, 0) is 18.6 Å². The lowest BCUT2D eigenvalue weighted by molar-refractivity contribution is -0.247. The predicted octanol–water partition coefficient (Wildman–Crippen LogP) is 0.287. The maximum absolute atomic E-state index is 13.3. The highest BCUT2D eigenvalue weighted by atomic mass is 16.7. The van der Waals surface area contributed by atoms with E-state index in [1.165, 1.54) is 18.2 Å². The summed E-state index contributed by atoms with van der Waals surface area (Å²) >= 11 is 0. The van der Waals surface area contributed by atoms with Gasteiger partial charge in [0.15, 0.2) is 23.6 Å². The molecule has 0 unspecified atom stereocenters. The lowest BCUT2D eigenvalue weighted by Crippen LogP contribution is -2.53. The zero-order valence-electron chi connectivity index (χ0n) is 19.5. The number of ketones is 3. The number of aliphatic hydroxyl groups excluding tert-OH is 2. The number of aliphatic hydroxyl groups is 3. The van der Waals surface area contributed by atoms with Crippen LogP contribution in [0.1, 0.15) is 68.8 Å². The number of aromatic hydroxyl groups is 1. The molecule has 0 saturated carbocycles. The molecule has 0 aromatic heterocycles. The SMILES string of the molecule is C[C@@H]1O[C@@H](O[C@H]2C[C@](O)(C(=O)CO)Cc3cc4c(c(O)c32)C(=O)c2ccccc2C4=O)C[C@H](N)[C@@H]1O. The van der Waals surface area contributed by atoms with Crippen molar-refractivity contribution < 1.29 is 44.3 Å². The number of phenolic OH excluding ortho intramolecular Hbond substituents is 1.